The monoisotopic (exact) mass is 545 g/mol. The number of benzene rings is 2. The van der Waals surface area contributed by atoms with E-state index in [0.717, 1.165) is 16.7 Å². The second-order valence-electron chi connectivity index (χ2n) is 9.24. The smallest absolute Gasteiger partial charge is 0.238 e. The Kier molecular flexibility index (Phi) is 7.77. The van der Waals surface area contributed by atoms with Gasteiger partial charge in [-0.05, 0) is 41.8 Å². The van der Waals surface area contributed by atoms with Gasteiger partial charge in [-0.2, -0.15) is 0 Å². The fraction of sp³-hybridized carbons (Fsp3) is 0.241. The van der Waals surface area contributed by atoms with Crippen LogP contribution in [0.25, 0.3) is 11.3 Å². The first-order valence-corrected chi connectivity index (χ1v) is 13.9. The lowest BCUT2D eigenvalue weighted by Crippen LogP contribution is -2.33. The summed E-state index contributed by atoms with van der Waals surface area (Å²) in [5.74, 6) is 3.12. The van der Waals surface area contributed by atoms with Crippen LogP contribution >= 0.6 is 0 Å². The number of ether oxygens (including phenoxy) is 2. The van der Waals surface area contributed by atoms with Gasteiger partial charge in [0.25, 0.3) is 0 Å². The van der Waals surface area contributed by atoms with E-state index in [1.54, 1.807) is 24.5 Å². The molecule has 1 unspecified atom stereocenters. The molecule has 1 aliphatic heterocycles. The van der Waals surface area contributed by atoms with E-state index in [1.807, 2.05) is 36.4 Å². The first kappa shape index (κ1) is 26.6. The van der Waals surface area contributed by atoms with Crippen molar-refractivity contribution in [3.8, 4) is 23.4 Å². The minimum Gasteiger partial charge on any atom is -0.443 e. The first-order chi connectivity index (χ1) is 18.8. The van der Waals surface area contributed by atoms with Crippen molar-refractivity contribution in [3.63, 3.8) is 0 Å². The predicted octanol–water partition coefficient (Wildman–Crippen LogP) is 3.69. The topological polar surface area (TPSA) is 138 Å². The van der Waals surface area contributed by atoms with E-state index in [0.29, 0.717) is 43.1 Å². The SMILES string of the molecule is NS(=O)(=O)c1ccc(-c2ocnc2C(C#COCc2cncc(C3(O)CCOCC3)c2)c2ccccc2)cc1. The number of primary sulfonamides is 1. The lowest BCUT2D eigenvalue weighted by atomic mass is 9.87. The summed E-state index contributed by atoms with van der Waals surface area (Å²) in [5, 5.41) is 16.2. The van der Waals surface area contributed by atoms with Gasteiger partial charge in [-0.3, -0.25) is 4.98 Å². The molecular weight excluding hydrogens is 518 g/mol. The number of hydrogen-bond donors (Lipinski definition) is 2. The van der Waals surface area contributed by atoms with Gasteiger partial charge in [0.2, 0.25) is 10.0 Å². The first-order valence-electron chi connectivity index (χ1n) is 12.3. The van der Waals surface area contributed by atoms with E-state index in [1.165, 1.54) is 18.5 Å². The number of oxazole rings is 1. The van der Waals surface area contributed by atoms with Crippen LogP contribution in [0.5, 0.6) is 0 Å². The van der Waals surface area contributed by atoms with Crippen LogP contribution in [0.2, 0.25) is 0 Å². The van der Waals surface area contributed by atoms with Crippen molar-refractivity contribution in [2.24, 2.45) is 5.14 Å². The van der Waals surface area contributed by atoms with Gasteiger partial charge in [0.05, 0.1) is 16.4 Å². The average Bonchev–Trinajstić information content (AvgIpc) is 3.43. The van der Waals surface area contributed by atoms with Gasteiger partial charge in [-0.25, -0.2) is 18.5 Å². The van der Waals surface area contributed by atoms with Crippen molar-refractivity contribution in [1.29, 1.82) is 0 Å². The van der Waals surface area contributed by atoms with Crippen molar-refractivity contribution in [2.45, 2.75) is 35.9 Å². The molecule has 5 rings (SSSR count). The number of aliphatic hydroxyl groups is 1. The molecule has 0 bridgehead atoms. The molecule has 200 valence electrons. The van der Waals surface area contributed by atoms with Crippen LogP contribution in [-0.2, 0) is 31.7 Å². The molecule has 3 heterocycles. The zero-order chi connectivity index (χ0) is 27.3. The molecule has 39 heavy (non-hydrogen) atoms. The number of nitrogens with two attached hydrogens (primary N) is 1. The highest BCUT2D eigenvalue weighted by atomic mass is 32.2. The number of pyridine rings is 1. The summed E-state index contributed by atoms with van der Waals surface area (Å²) in [4.78, 5) is 8.71. The number of sulfonamides is 1. The summed E-state index contributed by atoms with van der Waals surface area (Å²) in [7, 11) is -3.82. The van der Waals surface area contributed by atoms with Crippen molar-refractivity contribution in [2.75, 3.05) is 13.2 Å². The van der Waals surface area contributed by atoms with Gasteiger partial charge < -0.3 is 19.0 Å². The molecule has 10 heteroatoms. The standard InChI is InChI=1S/C29H27N3O6S/c30-39(34,35)25-8-6-23(7-9-25)28-27(32-20-38-28)26(22-4-2-1-3-5-22)10-13-37-19-21-16-24(18-31-17-21)29(33)11-14-36-15-12-29/h1-9,16-18,20,26,33H,11-12,14-15,19H2,(H2,30,34,35). The third-order valence-corrected chi connectivity index (χ3v) is 7.54. The van der Waals surface area contributed by atoms with Crippen molar-refractivity contribution in [3.05, 3.63) is 102 Å². The van der Waals surface area contributed by atoms with Crippen LogP contribution in [0.4, 0.5) is 0 Å². The normalized spacial score (nSPS) is 15.6. The number of aromatic nitrogens is 2. The highest BCUT2D eigenvalue weighted by Crippen LogP contribution is 2.33. The van der Waals surface area contributed by atoms with Gasteiger partial charge in [0.15, 0.2) is 12.2 Å². The summed E-state index contributed by atoms with van der Waals surface area (Å²) in [6.45, 7) is 1.19. The maximum absolute atomic E-state index is 11.6. The van der Waals surface area contributed by atoms with Crippen molar-refractivity contribution >= 4 is 10.0 Å². The number of nitrogens with zero attached hydrogens (tertiary/aromatic N) is 2. The third-order valence-electron chi connectivity index (χ3n) is 6.61. The summed E-state index contributed by atoms with van der Waals surface area (Å²) in [5.41, 5.74) is 2.65. The van der Waals surface area contributed by atoms with Crippen molar-refractivity contribution < 1.29 is 27.4 Å². The Morgan fingerprint density at radius 2 is 1.82 bits per heavy atom. The van der Waals surface area contributed by atoms with Crippen LogP contribution in [0.3, 0.4) is 0 Å². The fourth-order valence-corrected chi connectivity index (χ4v) is 4.98. The minimum atomic E-state index is -3.82. The maximum Gasteiger partial charge on any atom is 0.238 e. The van der Waals surface area contributed by atoms with Gasteiger partial charge in [0.1, 0.15) is 18.4 Å². The molecule has 3 N–H and O–H groups in total. The van der Waals surface area contributed by atoms with Gasteiger partial charge in [-0.1, -0.05) is 30.3 Å². The molecular formula is C29H27N3O6S. The van der Waals surface area contributed by atoms with Gasteiger partial charge in [0, 0.05) is 55.1 Å². The van der Waals surface area contributed by atoms with E-state index in [9.17, 15) is 13.5 Å². The molecule has 4 aromatic rings. The predicted molar refractivity (Wildman–Crippen MR) is 142 cm³/mol. The summed E-state index contributed by atoms with van der Waals surface area (Å²) < 4.78 is 40.1. The Morgan fingerprint density at radius 1 is 1.08 bits per heavy atom. The molecule has 0 aliphatic carbocycles. The van der Waals surface area contributed by atoms with Gasteiger partial charge >= 0.3 is 0 Å². The van der Waals surface area contributed by atoms with Gasteiger partial charge in [-0.15, -0.1) is 0 Å². The molecule has 2 aromatic carbocycles. The fourth-order valence-electron chi connectivity index (χ4n) is 4.47. The molecule has 2 aromatic heterocycles. The lowest BCUT2D eigenvalue weighted by molar-refractivity contribution is -0.0681. The summed E-state index contributed by atoms with van der Waals surface area (Å²) in [6.07, 6.45) is 8.52. The van der Waals surface area contributed by atoms with Crippen LogP contribution in [-0.4, -0.2) is 36.7 Å². The molecule has 9 nitrogen and oxygen atoms in total. The highest BCUT2D eigenvalue weighted by molar-refractivity contribution is 7.89. The maximum atomic E-state index is 11.6. The highest BCUT2D eigenvalue weighted by Gasteiger charge is 2.32. The second kappa shape index (κ2) is 11.4. The van der Waals surface area contributed by atoms with E-state index in [2.05, 4.69) is 22.0 Å². The Balaban J connectivity index is 1.38. The van der Waals surface area contributed by atoms with E-state index in [4.69, 9.17) is 19.0 Å². The molecule has 1 fully saturated rings. The largest absolute Gasteiger partial charge is 0.443 e. The quantitative estimate of drug-likeness (QED) is 0.336. The lowest BCUT2D eigenvalue weighted by Gasteiger charge is -2.32. The molecule has 0 amide bonds. The number of rotatable bonds is 7. The van der Waals surface area contributed by atoms with Crippen LogP contribution in [0.15, 0.2) is 88.8 Å². The molecule has 1 saturated heterocycles. The van der Waals surface area contributed by atoms with Crippen molar-refractivity contribution in [1.82, 2.24) is 9.97 Å². The molecule has 0 radical (unpaired) electrons. The summed E-state index contributed by atoms with van der Waals surface area (Å²) in [6, 6.07) is 17.5. The van der Waals surface area contributed by atoms with Crippen LogP contribution in [0, 0.1) is 12.0 Å². The summed E-state index contributed by atoms with van der Waals surface area (Å²) >= 11 is 0. The minimum absolute atomic E-state index is 0.00242. The number of hydrogen-bond acceptors (Lipinski definition) is 8. The molecule has 0 spiro atoms. The zero-order valence-corrected chi connectivity index (χ0v) is 21.8. The Morgan fingerprint density at radius 3 is 2.54 bits per heavy atom. The zero-order valence-electron chi connectivity index (χ0n) is 21.0. The average molecular weight is 546 g/mol. The van der Waals surface area contributed by atoms with E-state index >= 15 is 0 Å². The van der Waals surface area contributed by atoms with Crippen LogP contribution in [0.1, 0.15) is 41.1 Å². The molecule has 1 atom stereocenters. The Bertz CT molecular complexity index is 1590. The second-order valence-corrected chi connectivity index (χ2v) is 10.8. The van der Waals surface area contributed by atoms with E-state index < -0.39 is 21.5 Å². The molecule has 1 aliphatic rings. The Hall–Kier alpha value is -4.01. The van der Waals surface area contributed by atoms with E-state index in [-0.39, 0.29) is 11.5 Å². The van der Waals surface area contributed by atoms with Crippen LogP contribution < -0.4 is 5.14 Å². The Labute approximate surface area is 226 Å². The third kappa shape index (κ3) is 6.19. The molecule has 0 saturated carbocycles.